The average Bonchev–Trinajstić information content (AvgIpc) is 3.11. The lowest BCUT2D eigenvalue weighted by molar-refractivity contribution is 0.188. The maximum atomic E-state index is 9.27. The van der Waals surface area contributed by atoms with Crippen LogP contribution < -0.4 is 4.74 Å². The molecule has 1 N–H and O–H groups in total. The molecule has 4 heteroatoms. The summed E-state index contributed by atoms with van der Waals surface area (Å²) < 4.78 is 11.3. The molecule has 0 aliphatic heterocycles. The molecule has 1 heterocycles. The lowest BCUT2D eigenvalue weighted by Gasteiger charge is -2.19. The minimum Gasteiger partial charge on any atom is -0.491 e. The van der Waals surface area contributed by atoms with Crippen LogP contribution in [0.2, 0.25) is 0 Å². The summed E-state index contributed by atoms with van der Waals surface area (Å²) in [5, 5.41) is 12.8. The van der Waals surface area contributed by atoms with Gasteiger partial charge in [0, 0.05) is 11.6 Å². The predicted octanol–water partition coefficient (Wildman–Crippen LogP) is 4.85. The molecule has 24 heavy (non-hydrogen) atoms. The van der Waals surface area contributed by atoms with Crippen LogP contribution in [0.4, 0.5) is 0 Å². The summed E-state index contributed by atoms with van der Waals surface area (Å²) in [6, 6.07) is 17.6. The van der Waals surface area contributed by atoms with E-state index < -0.39 is 0 Å². The molecule has 0 saturated carbocycles. The minimum atomic E-state index is -0.116. The van der Waals surface area contributed by atoms with Crippen LogP contribution in [0.25, 0.3) is 11.3 Å². The van der Waals surface area contributed by atoms with Crippen molar-refractivity contribution in [2.24, 2.45) is 0 Å². The highest BCUT2D eigenvalue weighted by atomic mass is 16.5. The number of hydrogen-bond acceptors (Lipinski definition) is 4. The van der Waals surface area contributed by atoms with Crippen molar-refractivity contribution in [3.05, 3.63) is 65.7 Å². The quantitative estimate of drug-likeness (QED) is 0.749. The largest absolute Gasteiger partial charge is 0.491 e. The smallest absolute Gasteiger partial charge is 0.252 e. The van der Waals surface area contributed by atoms with Gasteiger partial charge in [0.2, 0.25) is 0 Å². The van der Waals surface area contributed by atoms with Gasteiger partial charge < -0.3 is 14.4 Å². The Hall–Kier alpha value is -2.75. The molecule has 0 fully saturated rings. The molecule has 4 rings (SSSR count). The van der Waals surface area contributed by atoms with Gasteiger partial charge in [-0.1, -0.05) is 38.1 Å². The highest BCUT2D eigenvalue weighted by molar-refractivity contribution is 5.59. The van der Waals surface area contributed by atoms with Crippen molar-refractivity contribution in [1.29, 1.82) is 0 Å². The van der Waals surface area contributed by atoms with Crippen molar-refractivity contribution in [1.82, 2.24) is 5.16 Å². The summed E-state index contributed by atoms with van der Waals surface area (Å²) in [7, 11) is 0. The van der Waals surface area contributed by atoms with Crippen LogP contribution in [0, 0.1) is 0 Å². The van der Waals surface area contributed by atoms with Gasteiger partial charge in [-0.05, 0) is 52.4 Å². The zero-order chi connectivity index (χ0) is 16.7. The summed E-state index contributed by atoms with van der Waals surface area (Å²) in [5.41, 5.74) is 3.61. The SMILES string of the molecule is CC1(C)CC(Oc2ccc(-c3cc(O)no3)cc2)c2ccccc21. The zero-order valence-electron chi connectivity index (χ0n) is 13.7. The fraction of sp³-hybridized carbons (Fsp3) is 0.250. The van der Waals surface area contributed by atoms with Crippen molar-refractivity contribution >= 4 is 0 Å². The van der Waals surface area contributed by atoms with Crippen molar-refractivity contribution < 1.29 is 14.4 Å². The van der Waals surface area contributed by atoms with Gasteiger partial charge in [-0.3, -0.25) is 0 Å². The summed E-state index contributed by atoms with van der Waals surface area (Å²) in [5.74, 6) is 1.24. The standard InChI is InChI=1S/C20H19NO3/c1-20(2)12-18(15-5-3-4-6-16(15)20)23-14-9-7-13(8-10-14)17-11-19(22)21-24-17/h3-11,18H,12H2,1-2H3,(H,21,22). The maximum Gasteiger partial charge on any atom is 0.252 e. The number of aromatic nitrogens is 1. The molecule has 3 aromatic rings. The third kappa shape index (κ3) is 2.54. The van der Waals surface area contributed by atoms with Gasteiger partial charge >= 0.3 is 0 Å². The fourth-order valence-electron chi connectivity index (χ4n) is 3.45. The Balaban J connectivity index is 1.56. The first-order valence-corrected chi connectivity index (χ1v) is 8.05. The molecular weight excluding hydrogens is 302 g/mol. The summed E-state index contributed by atoms with van der Waals surface area (Å²) in [4.78, 5) is 0. The number of nitrogens with zero attached hydrogens (tertiary/aromatic N) is 1. The molecule has 1 unspecified atom stereocenters. The van der Waals surface area contributed by atoms with E-state index in [4.69, 9.17) is 9.26 Å². The van der Waals surface area contributed by atoms with Crippen molar-refractivity contribution in [3.8, 4) is 23.0 Å². The van der Waals surface area contributed by atoms with Crippen LogP contribution in [0.3, 0.4) is 0 Å². The normalized spacial score (nSPS) is 18.3. The first kappa shape index (κ1) is 14.8. The van der Waals surface area contributed by atoms with E-state index in [0.717, 1.165) is 17.7 Å². The Morgan fingerprint density at radius 3 is 2.58 bits per heavy atom. The molecular formula is C20H19NO3. The van der Waals surface area contributed by atoms with E-state index in [9.17, 15) is 5.11 Å². The van der Waals surface area contributed by atoms with Crippen molar-refractivity contribution in [3.63, 3.8) is 0 Å². The predicted molar refractivity (Wildman–Crippen MR) is 91.1 cm³/mol. The highest BCUT2D eigenvalue weighted by Gasteiger charge is 2.37. The van der Waals surface area contributed by atoms with Crippen LogP contribution in [-0.2, 0) is 5.41 Å². The van der Waals surface area contributed by atoms with E-state index in [1.54, 1.807) is 0 Å². The second-order valence-corrected chi connectivity index (χ2v) is 6.86. The number of fused-ring (bicyclic) bond motifs is 1. The molecule has 1 aliphatic carbocycles. The molecule has 4 nitrogen and oxygen atoms in total. The Kier molecular flexibility index (Phi) is 3.34. The van der Waals surface area contributed by atoms with Crippen LogP contribution in [0.1, 0.15) is 37.5 Å². The summed E-state index contributed by atoms with van der Waals surface area (Å²) >= 11 is 0. The van der Waals surface area contributed by atoms with Crippen molar-refractivity contribution in [2.45, 2.75) is 31.8 Å². The van der Waals surface area contributed by atoms with Crippen LogP contribution in [-0.4, -0.2) is 10.3 Å². The summed E-state index contributed by atoms with van der Waals surface area (Å²) in [6.07, 6.45) is 1.03. The van der Waals surface area contributed by atoms with Crippen LogP contribution in [0.5, 0.6) is 11.6 Å². The average molecular weight is 321 g/mol. The first-order valence-electron chi connectivity index (χ1n) is 8.05. The van der Waals surface area contributed by atoms with E-state index in [-0.39, 0.29) is 17.4 Å². The molecule has 0 radical (unpaired) electrons. The van der Waals surface area contributed by atoms with E-state index in [2.05, 4.69) is 43.3 Å². The molecule has 2 aromatic carbocycles. The molecule has 0 spiro atoms. The Bertz CT molecular complexity index is 865. The number of rotatable bonds is 3. The highest BCUT2D eigenvalue weighted by Crippen LogP contribution is 2.46. The third-order valence-electron chi connectivity index (χ3n) is 4.65. The first-order chi connectivity index (χ1) is 11.5. The minimum absolute atomic E-state index is 0.0661. The zero-order valence-corrected chi connectivity index (χ0v) is 13.7. The van der Waals surface area contributed by atoms with Gasteiger partial charge in [-0.15, -0.1) is 0 Å². The molecule has 0 bridgehead atoms. The van der Waals surface area contributed by atoms with Crippen LogP contribution >= 0.6 is 0 Å². The lowest BCUT2D eigenvalue weighted by Crippen LogP contribution is -2.13. The monoisotopic (exact) mass is 321 g/mol. The molecule has 0 saturated heterocycles. The molecule has 122 valence electrons. The van der Waals surface area contributed by atoms with E-state index in [0.29, 0.717) is 5.76 Å². The van der Waals surface area contributed by atoms with Crippen molar-refractivity contribution in [2.75, 3.05) is 0 Å². The Morgan fingerprint density at radius 2 is 1.88 bits per heavy atom. The van der Waals surface area contributed by atoms with Gasteiger partial charge in [0.1, 0.15) is 11.9 Å². The fourth-order valence-corrected chi connectivity index (χ4v) is 3.45. The molecule has 1 aliphatic rings. The number of hydrogen-bond donors (Lipinski definition) is 1. The number of ether oxygens (including phenoxy) is 1. The lowest BCUT2D eigenvalue weighted by atomic mass is 9.87. The van der Waals surface area contributed by atoms with Gasteiger partial charge in [-0.2, -0.15) is 0 Å². The number of benzene rings is 2. The van der Waals surface area contributed by atoms with E-state index >= 15 is 0 Å². The molecule has 0 amide bonds. The van der Waals surface area contributed by atoms with Gasteiger partial charge in [-0.25, -0.2) is 0 Å². The van der Waals surface area contributed by atoms with Gasteiger partial charge in [0.25, 0.3) is 5.88 Å². The van der Waals surface area contributed by atoms with Crippen LogP contribution in [0.15, 0.2) is 59.1 Å². The Morgan fingerprint density at radius 1 is 1.12 bits per heavy atom. The third-order valence-corrected chi connectivity index (χ3v) is 4.65. The van der Waals surface area contributed by atoms with E-state index in [1.807, 2.05) is 24.3 Å². The second-order valence-electron chi connectivity index (χ2n) is 6.86. The van der Waals surface area contributed by atoms with Gasteiger partial charge in [0.15, 0.2) is 5.76 Å². The molecule has 1 aromatic heterocycles. The van der Waals surface area contributed by atoms with E-state index in [1.165, 1.54) is 17.2 Å². The second kappa shape index (κ2) is 5.41. The molecule has 1 atom stereocenters. The van der Waals surface area contributed by atoms with Gasteiger partial charge in [0.05, 0.1) is 0 Å². The summed E-state index contributed by atoms with van der Waals surface area (Å²) in [6.45, 7) is 4.52. The maximum absolute atomic E-state index is 9.27. The Labute approximate surface area is 140 Å². The topological polar surface area (TPSA) is 55.5 Å². The number of aromatic hydroxyl groups is 1.